The number of ether oxygens (including phenoxy) is 2. The molecule has 1 aromatic heterocycles. The SMILES string of the molecule is CCCOc1ccc(C2c3c(oc4ccc(Br)cc4c3=O)C(=O)N2c2ccc(OCC)cc2)cc1. The van der Waals surface area contributed by atoms with Crippen LogP contribution in [0.2, 0.25) is 0 Å². The largest absolute Gasteiger partial charge is 0.494 e. The van der Waals surface area contributed by atoms with Crippen LogP contribution in [0.15, 0.2) is 80.4 Å². The molecular weight excluding hydrogens is 510 g/mol. The van der Waals surface area contributed by atoms with Crippen LogP contribution in [-0.2, 0) is 0 Å². The third-order valence-corrected chi connectivity index (χ3v) is 6.42. The van der Waals surface area contributed by atoms with Crippen LogP contribution in [0.1, 0.15) is 48.0 Å². The van der Waals surface area contributed by atoms with Gasteiger partial charge in [0.15, 0.2) is 5.43 Å². The summed E-state index contributed by atoms with van der Waals surface area (Å²) in [5.41, 5.74) is 1.92. The van der Waals surface area contributed by atoms with Crippen LogP contribution in [0.5, 0.6) is 11.5 Å². The molecule has 0 spiro atoms. The molecule has 0 saturated carbocycles. The van der Waals surface area contributed by atoms with Crippen LogP contribution in [0.3, 0.4) is 0 Å². The van der Waals surface area contributed by atoms with Gasteiger partial charge in [-0.3, -0.25) is 14.5 Å². The van der Waals surface area contributed by atoms with Crippen molar-refractivity contribution in [1.29, 1.82) is 0 Å². The smallest absolute Gasteiger partial charge is 0.295 e. The fraction of sp³-hybridized carbons (Fsp3) is 0.214. The summed E-state index contributed by atoms with van der Waals surface area (Å²) in [5, 5.41) is 0.423. The van der Waals surface area contributed by atoms with Crippen LogP contribution < -0.4 is 19.8 Å². The Labute approximate surface area is 211 Å². The van der Waals surface area contributed by atoms with Gasteiger partial charge in [-0.15, -0.1) is 0 Å². The van der Waals surface area contributed by atoms with E-state index in [2.05, 4.69) is 15.9 Å². The zero-order valence-electron chi connectivity index (χ0n) is 19.4. The lowest BCUT2D eigenvalue weighted by Gasteiger charge is -2.25. The third-order valence-electron chi connectivity index (χ3n) is 5.93. The number of hydrogen-bond donors (Lipinski definition) is 0. The highest BCUT2D eigenvalue weighted by atomic mass is 79.9. The number of rotatable bonds is 7. The molecule has 7 heteroatoms. The first-order valence-corrected chi connectivity index (χ1v) is 12.4. The van der Waals surface area contributed by atoms with E-state index in [-0.39, 0.29) is 17.1 Å². The fourth-order valence-electron chi connectivity index (χ4n) is 4.36. The number of fused-ring (bicyclic) bond motifs is 2. The molecule has 178 valence electrons. The van der Waals surface area contributed by atoms with Crippen molar-refractivity contribution in [3.05, 3.63) is 98.3 Å². The van der Waals surface area contributed by atoms with E-state index < -0.39 is 6.04 Å². The molecule has 1 amide bonds. The molecule has 1 unspecified atom stereocenters. The van der Waals surface area contributed by atoms with Gasteiger partial charge >= 0.3 is 0 Å². The summed E-state index contributed by atoms with van der Waals surface area (Å²) >= 11 is 3.43. The lowest BCUT2D eigenvalue weighted by atomic mass is 9.98. The number of benzene rings is 3. The van der Waals surface area contributed by atoms with Gasteiger partial charge in [-0.1, -0.05) is 35.0 Å². The third kappa shape index (κ3) is 4.21. The minimum atomic E-state index is -0.643. The van der Waals surface area contributed by atoms with Gasteiger partial charge in [0.1, 0.15) is 17.1 Å². The molecule has 0 N–H and O–H groups in total. The summed E-state index contributed by atoms with van der Waals surface area (Å²) in [5.74, 6) is 1.15. The fourth-order valence-corrected chi connectivity index (χ4v) is 4.72. The topological polar surface area (TPSA) is 69.0 Å². The number of carbonyl (C=O) groups excluding carboxylic acids is 1. The second-order valence-corrected chi connectivity index (χ2v) is 9.15. The van der Waals surface area contributed by atoms with E-state index in [0.29, 0.717) is 41.2 Å². The van der Waals surface area contributed by atoms with Crippen molar-refractivity contribution in [3.8, 4) is 11.5 Å². The van der Waals surface area contributed by atoms with Crippen LogP contribution in [0.4, 0.5) is 5.69 Å². The number of hydrogen-bond acceptors (Lipinski definition) is 5. The molecule has 4 aromatic rings. The molecule has 1 atom stereocenters. The summed E-state index contributed by atoms with van der Waals surface area (Å²) in [7, 11) is 0. The lowest BCUT2D eigenvalue weighted by molar-refractivity contribution is 0.0971. The maximum absolute atomic E-state index is 13.7. The highest BCUT2D eigenvalue weighted by Crippen LogP contribution is 2.42. The predicted molar refractivity (Wildman–Crippen MR) is 139 cm³/mol. The van der Waals surface area contributed by atoms with Gasteiger partial charge in [-0.05, 0) is 73.5 Å². The summed E-state index contributed by atoms with van der Waals surface area (Å²) in [6, 6.07) is 19.4. The van der Waals surface area contributed by atoms with Crippen LogP contribution >= 0.6 is 15.9 Å². The molecule has 1 aliphatic rings. The van der Waals surface area contributed by atoms with E-state index in [1.165, 1.54) is 0 Å². The first-order valence-electron chi connectivity index (χ1n) is 11.6. The van der Waals surface area contributed by atoms with E-state index >= 15 is 0 Å². The van der Waals surface area contributed by atoms with Gasteiger partial charge in [-0.2, -0.15) is 0 Å². The van der Waals surface area contributed by atoms with Crippen molar-refractivity contribution in [1.82, 2.24) is 0 Å². The molecule has 5 rings (SSSR count). The average molecular weight is 534 g/mol. The Morgan fingerprint density at radius 2 is 1.60 bits per heavy atom. The highest BCUT2D eigenvalue weighted by Gasteiger charge is 2.43. The molecule has 35 heavy (non-hydrogen) atoms. The predicted octanol–water partition coefficient (Wildman–Crippen LogP) is 6.49. The van der Waals surface area contributed by atoms with Crippen LogP contribution in [-0.4, -0.2) is 19.1 Å². The minimum absolute atomic E-state index is 0.0648. The Balaban J connectivity index is 1.68. The monoisotopic (exact) mass is 533 g/mol. The van der Waals surface area contributed by atoms with Crippen molar-refractivity contribution in [2.75, 3.05) is 18.1 Å². The molecule has 0 bridgehead atoms. The second kappa shape index (κ2) is 9.58. The van der Waals surface area contributed by atoms with E-state index in [9.17, 15) is 9.59 Å². The van der Waals surface area contributed by atoms with Gasteiger partial charge < -0.3 is 13.9 Å². The molecule has 1 aliphatic heterocycles. The summed E-state index contributed by atoms with van der Waals surface area (Å²) in [6.45, 7) is 5.13. The van der Waals surface area contributed by atoms with E-state index in [1.54, 1.807) is 23.1 Å². The van der Waals surface area contributed by atoms with Crippen molar-refractivity contribution in [2.45, 2.75) is 26.3 Å². The molecule has 0 saturated heterocycles. The highest BCUT2D eigenvalue weighted by molar-refractivity contribution is 9.10. The molecule has 6 nitrogen and oxygen atoms in total. The molecule has 0 fully saturated rings. The van der Waals surface area contributed by atoms with E-state index in [0.717, 1.165) is 22.2 Å². The zero-order chi connectivity index (χ0) is 24.5. The van der Waals surface area contributed by atoms with Crippen LogP contribution in [0, 0.1) is 0 Å². The van der Waals surface area contributed by atoms with Gasteiger partial charge in [0.25, 0.3) is 5.91 Å². The van der Waals surface area contributed by atoms with Gasteiger partial charge in [0, 0.05) is 10.2 Å². The Hall–Kier alpha value is -3.58. The number of anilines is 1. The second-order valence-electron chi connectivity index (χ2n) is 8.24. The number of carbonyl (C=O) groups is 1. The van der Waals surface area contributed by atoms with Crippen molar-refractivity contribution in [3.63, 3.8) is 0 Å². The quantitative estimate of drug-likeness (QED) is 0.271. The molecule has 3 aromatic carbocycles. The van der Waals surface area contributed by atoms with Crippen molar-refractivity contribution in [2.24, 2.45) is 0 Å². The van der Waals surface area contributed by atoms with E-state index in [4.69, 9.17) is 13.9 Å². The zero-order valence-corrected chi connectivity index (χ0v) is 21.0. The minimum Gasteiger partial charge on any atom is -0.494 e. The first kappa shape index (κ1) is 23.2. The van der Waals surface area contributed by atoms with Crippen molar-refractivity contribution < 1.29 is 18.7 Å². The normalized spacial score (nSPS) is 14.9. The van der Waals surface area contributed by atoms with Gasteiger partial charge in [0.05, 0.1) is 30.2 Å². The Bertz CT molecular complexity index is 1440. The number of halogens is 1. The Morgan fingerprint density at radius 3 is 2.29 bits per heavy atom. The Morgan fingerprint density at radius 1 is 0.914 bits per heavy atom. The maximum atomic E-state index is 13.7. The lowest BCUT2D eigenvalue weighted by Crippen LogP contribution is -2.29. The number of nitrogens with zero attached hydrogens (tertiary/aromatic N) is 1. The Kier molecular flexibility index (Phi) is 6.34. The number of amides is 1. The summed E-state index contributed by atoms with van der Waals surface area (Å²) in [6.07, 6.45) is 0.904. The summed E-state index contributed by atoms with van der Waals surface area (Å²) < 4.78 is 18.1. The van der Waals surface area contributed by atoms with Gasteiger partial charge in [0.2, 0.25) is 5.76 Å². The average Bonchev–Trinajstić information content (AvgIpc) is 3.16. The summed E-state index contributed by atoms with van der Waals surface area (Å²) in [4.78, 5) is 29.0. The molecule has 2 heterocycles. The van der Waals surface area contributed by atoms with Crippen LogP contribution in [0.25, 0.3) is 11.0 Å². The maximum Gasteiger partial charge on any atom is 0.295 e. The molecule has 0 radical (unpaired) electrons. The van der Waals surface area contributed by atoms with Crippen molar-refractivity contribution >= 4 is 38.5 Å². The molecular formula is C28H24BrNO5. The molecule has 0 aliphatic carbocycles. The standard InChI is InChI=1S/C28H24BrNO5/c1-3-15-34-21-10-5-17(6-11-21)25-24-26(31)22-16-18(29)7-14-23(22)35-27(24)28(32)30(25)19-8-12-20(13-9-19)33-4-2/h5-14,16,25H,3-4,15H2,1-2H3. The van der Waals surface area contributed by atoms with E-state index in [1.807, 2.05) is 62.4 Å². The first-order chi connectivity index (χ1) is 17.0. The van der Waals surface area contributed by atoms with Gasteiger partial charge in [-0.25, -0.2) is 0 Å².